The van der Waals surface area contributed by atoms with Crippen molar-refractivity contribution in [3.05, 3.63) is 58.3 Å². The number of fused-ring (bicyclic) bond motifs is 3. The van der Waals surface area contributed by atoms with Gasteiger partial charge in [0.2, 0.25) is 5.95 Å². The van der Waals surface area contributed by atoms with Gasteiger partial charge in [0, 0.05) is 43.2 Å². The molecule has 0 aliphatic carbocycles. The fraction of sp³-hybridized carbons (Fsp3) is 0.400. The lowest BCUT2D eigenvalue weighted by atomic mass is 9.73. The van der Waals surface area contributed by atoms with Gasteiger partial charge >= 0.3 is 0 Å². The lowest BCUT2D eigenvalue weighted by Crippen LogP contribution is -2.73. The largest absolute Gasteiger partial charge is 0.355 e. The van der Waals surface area contributed by atoms with Crippen LogP contribution in [-0.4, -0.2) is 56.4 Å². The predicted octanol–water partition coefficient (Wildman–Crippen LogP) is 3.27. The van der Waals surface area contributed by atoms with Crippen LogP contribution in [0, 0.1) is 33.9 Å². The van der Waals surface area contributed by atoms with E-state index in [9.17, 15) is 9.65 Å². The summed E-state index contributed by atoms with van der Waals surface area (Å²) >= 11 is 6.34. The summed E-state index contributed by atoms with van der Waals surface area (Å²) in [5.74, 6) is 1.59. The minimum Gasteiger partial charge on any atom is -0.355 e. The molecule has 3 aliphatic rings. The molecule has 0 radical (unpaired) electrons. The zero-order chi connectivity index (χ0) is 25.2. The zero-order valence-corrected chi connectivity index (χ0v) is 20.7. The highest BCUT2D eigenvalue weighted by Crippen LogP contribution is 2.44. The fourth-order valence-electron chi connectivity index (χ4n) is 5.37. The van der Waals surface area contributed by atoms with Crippen molar-refractivity contribution in [3.63, 3.8) is 0 Å². The number of nitriles is 2. The number of nitrogens with zero attached hydrogens (tertiary/aromatic N) is 9. The summed E-state index contributed by atoms with van der Waals surface area (Å²) in [6.07, 6.45) is 0. The second-order valence-corrected chi connectivity index (χ2v) is 10.8. The van der Waals surface area contributed by atoms with E-state index in [2.05, 4.69) is 40.5 Å². The Balaban J connectivity index is 1.25. The molecule has 36 heavy (non-hydrogen) atoms. The molecule has 5 heterocycles. The molecule has 0 saturated carbocycles. The topological polar surface area (TPSA) is 101 Å². The third-order valence-corrected chi connectivity index (χ3v) is 7.64. The van der Waals surface area contributed by atoms with Gasteiger partial charge in [0.05, 0.1) is 18.3 Å². The third kappa shape index (κ3) is 3.48. The van der Waals surface area contributed by atoms with Gasteiger partial charge in [0.15, 0.2) is 17.3 Å². The first kappa shape index (κ1) is 22.7. The van der Waals surface area contributed by atoms with Crippen LogP contribution in [0.5, 0.6) is 0 Å². The maximum atomic E-state index is 13.6. The molecule has 1 spiro atoms. The Morgan fingerprint density at radius 2 is 1.78 bits per heavy atom. The molecule has 0 atom stereocenters. The smallest absolute Gasteiger partial charge is 0.231 e. The first-order valence-electron chi connectivity index (χ1n) is 11.7. The molecular weight excluding hydrogens is 481 g/mol. The maximum Gasteiger partial charge on any atom is 0.231 e. The van der Waals surface area contributed by atoms with Crippen molar-refractivity contribution in [2.75, 3.05) is 36.0 Å². The van der Waals surface area contributed by atoms with Crippen LogP contribution < -0.4 is 9.80 Å². The van der Waals surface area contributed by atoms with Gasteiger partial charge < -0.3 is 9.80 Å². The van der Waals surface area contributed by atoms with E-state index < -0.39 is 11.4 Å². The monoisotopic (exact) mass is 503 g/mol. The number of hydrogen-bond acceptors (Lipinski definition) is 8. The molecular formula is C25H23ClFN9. The minimum atomic E-state index is -0.684. The van der Waals surface area contributed by atoms with Crippen LogP contribution in [0.1, 0.15) is 30.9 Å². The third-order valence-electron chi connectivity index (χ3n) is 7.40. The fourth-order valence-corrected chi connectivity index (χ4v) is 5.57. The van der Waals surface area contributed by atoms with Gasteiger partial charge in [-0.1, -0.05) is 11.6 Å². The van der Waals surface area contributed by atoms with Crippen LogP contribution in [0.25, 0.3) is 5.69 Å². The van der Waals surface area contributed by atoms with Gasteiger partial charge in [-0.2, -0.15) is 10.5 Å². The molecule has 3 aliphatic heterocycles. The molecule has 2 saturated heterocycles. The number of hydrogen-bond donors (Lipinski definition) is 0. The van der Waals surface area contributed by atoms with E-state index in [0.29, 0.717) is 23.9 Å². The van der Waals surface area contributed by atoms with Crippen LogP contribution in [0.3, 0.4) is 0 Å². The second-order valence-electron chi connectivity index (χ2n) is 10.4. The van der Waals surface area contributed by atoms with Crippen molar-refractivity contribution < 1.29 is 4.39 Å². The van der Waals surface area contributed by atoms with E-state index >= 15 is 0 Å². The maximum absolute atomic E-state index is 13.6. The first-order chi connectivity index (χ1) is 17.2. The summed E-state index contributed by atoms with van der Waals surface area (Å²) in [5, 5.41) is 28.5. The summed E-state index contributed by atoms with van der Waals surface area (Å²) in [4.78, 5) is 10.5. The number of anilines is 2. The van der Waals surface area contributed by atoms with Crippen LogP contribution in [0.4, 0.5) is 16.2 Å². The standard InChI is InChI=1S/C25H23ClFN9/c1-24(2,11-29)35-9-16-7-17(26)3-5-20(16)36-22(10-35)31-32-23(36)34-14-25(15-34)12-33(13-25)21-6-4-18(27)19(8-28)30-21/h3-7H,9-10,12-15H2,1-2H3. The molecule has 2 fully saturated rings. The van der Waals surface area contributed by atoms with Crippen LogP contribution in [-0.2, 0) is 13.1 Å². The van der Waals surface area contributed by atoms with Crippen molar-refractivity contribution in [2.24, 2.45) is 5.41 Å². The minimum absolute atomic E-state index is 0.0949. The number of aromatic nitrogens is 4. The lowest BCUT2D eigenvalue weighted by molar-refractivity contribution is 0.147. The molecule has 9 nitrogen and oxygen atoms in total. The molecule has 6 rings (SSSR count). The van der Waals surface area contributed by atoms with Crippen LogP contribution in [0.15, 0.2) is 30.3 Å². The first-order valence-corrected chi connectivity index (χ1v) is 12.1. The van der Waals surface area contributed by atoms with Crippen molar-refractivity contribution in [1.29, 1.82) is 10.5 Å². The normalized spacial score (nSPS) is 18.4. The molecule has 0 N–H and O–H groups in total. The van der Waals surface area contributed by atoms with Crippen molar-refractivity contribution >= 4 is 23.4 Å². The van der Waals surface area contributed by atoms with E-state index in [4.69, 9.17) is 16.9 Å². The Morgan fingerprint density at radius 1 is 1.03 bits per heavy atom. The summed E-state index contributed by atoms with van der Waals surface area (Å²) in [6.45, 7) is 8.06. The van der Waals surface area contributed by atoms with Gasteiger partial charge in [-0.15, -0.1) is 10.2 Å². The Kier molecular flexibility index (Phi) is 4.98. The summed E-state index contributed by atoms with van der Waals surface area (Å²) in [6, 6.07) is 12.9. The zero-order valence-electron chi connectivity index (χ0n) is 19.9. The van der Waals surface area contributed by atoms with Crippen LogP contribution in [0.2, 0.25) is 5.02 Å². The number of halogens is 2. The number of rotatable bonds is 3. The Hall–Kier alpha value is -3.73. The highest BCUT2D eigenvalue weighted by atomic mass is 35.5. The van der Waals surface area contributed by atoms with E-state index in [-0.39, 0.29) is 11.1 Å². The van der Waals surface area contributed by atoms with Crippen molar-refractivity contribution in [2.45, 2.75) is 32.5 Å². The predicted molar refractivity (Wildman–Crippen MR) is 131 cm³/mol. The molecule has 1 aromatic carbocycles. The lowest BCUT2D eigenvalue weighted by Gasteiger charge is -2.60. The molecule has 0 bridgehead atoms. The summed E-state index contributed by atoms with van der Waals surface area (Å²) in [7, 11) is 0. The molecule has 2 aromatic heterocycles. The number of pyridine rings is 1. The highest BCUT2D eigenvalue weighted by molar-refractivity contribution is 6.30. The van der Waals surface area contributed by atoms with Crippen LogP contribution >= 0.6 is 11.6 Å². The molecule has 3 aromatic rings. The second kappa shape index (κ2) is 7.89. The Morgan fingerprint density at radius 3 is 2.50 bits per heavy atom. The van der Waals surface area contributed by atoms with E-state index in [0.717, 1.165) is 49.2 Å². The van der Waals surface area contributed by atoms with E-state index in [1.54, 1.807) is 12.1 Å². The Bertz CT molecular complexity index is 1450. The average molecular weight is 504 g/mol. The SMILES string of the molecule is CC(C)(C#N)N1Cc2cc(Cl)ccc2-n2c(nnc2N2CC3(CN(c4ccc(F)c(C#N)n4)C3)C2)C1. The van der Waals surface area contributed by atoms with E-state index in [1.165, 1.54) is 6.07 Å². The highest BCUT2D eigenvalue weighted by Gasteiger charge is 2.53. The van der Waals surface area contributed by atoms with Gasteiger partial charge in [-0.3, -0.25) is 9.47 Å². The summed E-state index contributed by atoms with van der Waals surface area (Å²) < 4.78 is 15.7. The van der Waals surface area contributed by atoms with Gasteiger partial charge in [0.1, 0.15) is 17.4 Å². The summed E-state index contributed by atoms with van der Waals surface area (Å²) in [5.41, 5.74) is 1.23. The molecule has 0 unspecified atom stereocenters. The Labute approximate surface area is 212 Å². The quantitative estimate of drug-likeness (QED) is 0.536. The molecule has 182 valence electrons. The van der Waals surface area contributed by atoms with Gasteiger partial charge in [0.25, 0.3) is 0 Å². The van der Waals surface area contributed by atoms with Gasteiger partial charge in [-0.05, 0) is 49.7 Å². The van der Waals surface area contributed by atoms with Crippen molar-refractivity contribution in [3.8, 4) is 17.8 Å². The average Bonchev–Trinajstić information content (AvgIpc) is 3.12. The van der Waals surface area contributed by atoms with E-state index in [1.807, 2.05) is 32.0 Å². The van der Waals surface area contributed by atoms with Gasteiger partial charge in [-0.25, -0.2) is 9.37 Å². The number of benzene rings is 1. The van der Waals surface area contributed by atoms with Crippen molar-refractivity contribution in [1.82, 2.24) is 24.6 Å². The molecule has 0 amide bonds. The molecule has 11 heteroatoms.